The number of nitrogens with one attached hydrogen (secondary N) is 1. The molecule has 0 aromatic heterocycles. The molecule has 0 saturated heterocycles. The third-order valence-corrected chi connectivity index (χ3v) is 7.27. The molecule has 0 bridgehead atoms. The van der Waals surface area contributed by atoms with Crippen molar-refractivity contribution in [1.82, 2.24) is 5.32 Å². The number of allylic oxidation sites excluding steroid dienone is 10. The Bertz CT molecular complexity index is 948. The van der Waals surface area contributed by atoms with Crippen molar-refractivity contribution in [2.45, 2.75) is 148 Å². The molecule has 0 radical (unpaired) electrons. The zero-order chi connectivity index (χ0) is 33.9. The van der Waals surface area contributed by atoms with E-state index in [1.807, 2.05) is 18.2 Å². The molecule has 0 aromatic carbocycles. The van der Waals surface area contributed by atoms with E-state index in [0.29, 0.717) is 32.2 Å². The number of amides is 1. The topological polar surface area (TPSA) is 119 Å². The van der Waals surface area contributed by atoms with Crippen LogP contribution in [-0.2, 0) is 19.1 Å². The summed E-state index contributed by atoms with van der Waals surface area (Å²) in [7, 11) is 0. The van der Waals surface area contributed by atoms with E-state index < -0.39 is 12.0 Å². The van der Waals surface area contributed by atoms with Gasteiger partial charge in [-0.2, -0.15) is 0 Å². The van der Waals surface area contributed by atoms with Crippen molar-refractivity contribution in [1.29, 1.82) is 0 Å². The van der Waals surface area contributed by atoms with E-state index >= 15 is 0 Å². The second-order valence-electron chi connectivity index (χ2n) is 11.6. The Morgan fingerprint density at radius 3 is 1.87 bits per heavy atom. The van der Waals surface area contributed by atoms with Crippen molar-refractivity contribution in [3.63, 3.8) is 0 Å². The summed E-state index contributed by atoms with van der Waals surface area (Å²) in [6, 6.07) is -0.880. The lowest BCUT2D eigenvalue weighted by molar-refractivity contribution is -0.146. The maximum absolute atomic E-state index is 12.5. The number of nitrogens with two attached hydrogens (primary N) is 1. The third kappa shape index (κ3) is 29.5. The molecular formula is C39H64N2O5. The van der Waals surface area contributed by atoms with Gasteiger partial charge in [0.15, 0.2) is 0 Å². The highest BCUT2D eigenvalue weighted by molar-refractivity contribution is 5.83. The number of ether oxygens (including phenoxy) is 1. The van der Waals surface area contributed by atoms with E-state index in [1.54, 1.807) is 0 Å². The van der Waals surface area contributed by atoms with Crippen LogP contribution in [0.2, 0.25) is 0 Å². The predicted molar refractivity (Wildman–Crippen MR) is 192 cm³/mol. The first-order valence-corrected chi connectivity index (χ1v) is 17.8. The van der Waals surface area contributed by atoms with Gasteiger partial charge in [-0.1, -0.05) is 113 Å². The lowest BCUT2D eigenvalue weighted by Crippen LogP contribution is -2.40. The largest absolute Gasteiger partial charge is 0.480 e. The van der Waals surface area contributed by atoms with Gasteiger partial charge in [0.05, 0.1) is 6.42 Å². The second kappa shape index (κ2) is 33.2. The van der Waals surface area contributed by atoms with Gasteiger partial charge in [-0.3, -0.25) is 9.59 Å². The molecule has 0 rings (SSSR count). The summed E-state index contributed by atoms with van der Waals surface area (Å²) in [5.74, 6) is -1.49. The minimum Gasteiger partial charge on any atom is -0.480 e. The molecule has 0 saturated carbocycles. The maximum Gasteiger partial charge on any atom is 0.326 e. The minimum atomic E-state index is -1.03. The predicted octanol–water partition coefficient (Wildman–Crippen LogP) is 9.22. The van der Waals surface area contributed by atoms with E-state index in [1.165, 1.54) is 19.3 Å². The number of esters is 1. The molecule has 0 spiro atoms. The number of hydrogen-bond donors (Lipinski definition) is 3. The fraction of sp³-hybridized carbons (Fsp3) is 0.615. The molecule has 0 fully saturated rings. The Kier molecular flexibility index (Phi) is 30.9. The second-order valence-corrected chi connectivity index (χ2v) is 11.6. The van der Waals surface area contributed by atoms with Crippen LogP contribution in [-0.4, -0.2) is 41.6 Å². The van der Waals surface area contributed by atoms with Crippen LogP contribution in [0, 0.1) is 0 Å². The molecule has 0 aromatic rings. The average Bonchev–Trinajstić information content (AvgIpc) is 3.04. The van der Waals surface area contributed by atoms with E-state index in [2.05, 4.69) is 73.8 Å². The van der Waals surface area contributed by atoms with Gasteiger partial charge in [-0.15, -0.1) is 0 Å². The van der Waals surface area contributed by atoms with Gasteiger partial charge < -0.3 is 20.9 Å². The highest BCUT2D eigenvalue weighted by atomic mass is 16.5. The van der Waals surface area contributed by atoms with E-state index in [9.17, 15) is 19.5 Å². The van der Waals surface area contributed by atoms with Crippen LogP contribution in [0.25, 0.3) is 0 Å². The van der Waals surface area contributed by atoms with Gasteiger partial charge in [0.1, 0.15) is 12.1 Å². The number of hydrogen-bond acceptors (Lipinski definition) is 5. The number of carboxylic acid groups (broad SMARTS) is 1. The molecule has 2 atom stereocenters. The van der Waals surface area contributed by atoms with Crippen LogP contribution < -0.4 is 11.1 Å². The molecule has 0 aliphatic rings. The summed E-state index contributed by atoms with van der Waals surface area (Å²) >= 11 is 0. The Labute approximate surface area is 280 Å². The molecule has 0 heterocycles. The molecular weight excluding hydrogens is 576 g/mol. The highest BCUT2D eigenvalue weighted by Crippen LogP contribution is 2.13. The Hall–Kier alpha value is -3.19. The van der Waals surface area contributed by atoms with Crippen LogP contribution in [0.1, 0.15) is 136 Å². The van der Waals surface area contributed by atoms with Gasteiger partial charge in [0, 0.05) is 6.42 Å². The quantitative estimate of drug-likeness (QED) is 0.0409. The monoisotopic (exact) mass is 640 g/mol. The molecule has 2 unspecified atom stereocenters. The zero-order valence-corrected chi connectivity index (χ0v) is 28.9. The van der Waals surface area contributed by atoms with Crippen molar-refractivity contribution in [2.24, 2.45) is 5.73 Å². The number of aliphatic carboxylic acids is 1. The lowest BCUT2D eigenvalue weighted by Gasteiger charge is -2.15. The summed E-state index contributed by atoms with van der Waals surface area (Å²) in [5.41, 5.74) is 5.46. The van der Waals surface area contributed by atoms with E-state index in [4.69, 9.17) is 10.5 Å². The number of unbranched alkanes of at least 4 members (excludes halogenated alkanes) is 7. The molecule has 0 aliphatic heterocycles. The Morgan fingerprint density at radius 2 is 1.28 bits per heavy atom. The SMILES string of the molecule is CC/C=C\C/C=C\C/C=C\C/C=C\C/C=C\CC(=O)OC(/C=C\CCCCCC)CCCCCCC(=O)NC(CCCN)C(=O)O. The lowest BCUT2D eigenvalue weighted by atomic mass is 10.1. The van der Waals surface area contributed by atoms with Crippen molar-refractivity contribution in [3.05, 3.63) is 72.9 Å². The molecule has 260 valence electrons. The highest BCUT2D eigenvalue weighted by Gasteiger charge is 2.18. The number of carbonyl (C=O) groups excluding carboxylic acids is 2. The van der Waals surface area contributed by atoms with E-state index in [-0.39, 0.29) is 24.4 Å². The molecule has 46 heavy (non-hydrogen) atoms. The normalized spacial score (nSPS) is 13.6. The number of carboxylic acids is 1. The van der Waals surface area contributed by atoms with Gasteiger partial charge in [0.2, 0.25) is 5.91 Å². The molecule has 4 N–H and O–H groups in total. The van der Waals surface area contributed by atoms with Crippen molar-refractivity contribution in [2.75, 3.05) is 6.54 Å². The molecule has 0 aliphatic carbocycles. The zero-order valence-electron chi connectivity index (χ0n) is 28.9. The van der Waals surface area contributed by atoms with Crippen LogP contribution in [0.4, 0.5) is 0 Å². The first-order valence-electron chi connectivity index (χ1n) is 17.8. The standard InChI is InChI=1S/C39H64N2O5/c1-3-5-7-9-11-12-13-14-15-16-17-18-19-21-27-33-38(43)46-35(29-24-20-10-8-6-4-2)30-25-22-23-26-32-37(42)41-36(39(44)45)31-28-34-40/h5,7,11-12,14-15,17-18,21,24,27,29,35-36H,3-4,6,8-10,13,16,19-20,22-23,25-26,28,30-34,40H2,1-2H3,(H,41,42)(H,44,45)/b7-5-,12-11-,15-14-,18-17-,27-21-,29-24-. The summed E-state index contributed by atoms with van der Waals surface area (Å²) < 4.78 is 5.80. The summed E-state index contributed by atoms with van der Waals surface area (Å²) in [5, 5.41) is 11.9. The Balaban J connectivity index is 4.44. The van der Waals surface area contributed by atoms with Crippen molar-refractivity contribution < 1.29 is 24.2 Å². The third-order valence-electron chi connectivity index (χ3n) is 7.27. The maximum atomic E-state index is 12.5. The molecule has 1 amide bonds. The van der Waals surface area contributed by atoms with Crippen LogP contribution in [0.3, 0.4) is 0 Å². The van der Waals surface area contributed by atoms with Gasteiger partial charge in [0.25, 0.3) is 0 Å². The Morgan fingerprint density at radius 1 is 0.696 bits per heavy atom. The first-order chi connectivity index (χ1) is 22.4. The smallest absolute Gasteiger partial charge is 0.326 e. The van der Waals surface area contributed by atoms with E-state index in [0.717, 1.165) is 70.6 Å². The van der Waals surface area contributed by atoms with Crippen LogP contribution >= 0.6 is 0 Å². The first kappa shape index (κ1) is 42.8. The summed E-state index contributed by atoms with van der Waals surface area (Å²) in [6.07, 6.45) is 41.2. The molecule has 7 nitrogen and oxygen atoms in total. The molecule has 7 heteroatoms. The fourth-order valence-corrected chi connectivity index (χ4v) is 4.61. The van der Waals surface area contributed by atoms with Gasteiger partial charge >= 0.3 is 11.9 Å². The van der Waals surface area contributed by atoms with Crippen molar-refractivity contribution >= 4 is 17.8 Å². The fourth-order valence-electron chi connectivity index (χ4n) is 4.61. The van der Waals surface area contributed by atoms with Gasteiger partial charge in [-0.25, -0.2) is 4.79 Å². The van der Waals surface area contributed by atoms with Crippen molar-refractivity contribution in [3.8, 4) is 0 Å². The minimum absolute atomic E-state index is 0.221. The van der Waals surface area contributed by atoms with Crippen LogP contribution in [0.15, 0.2) is 72.9 Å². The average molecular weight is 641 g/mol. The number of carbonyl (C=O) groups is 3. The van der Waals surface area contributed by atoms with Crippen LogP contribution in [0.5, 0.6) is 0 Å². The number of rotatable bonds is 30. The summed E-state index contributed by atoms with van der Waals surface area (Å²) in [6.45, 7) is 4.74. The summed E-state index contributed by atoms with van der Waals surface area (Å²) in [4.78, 5) is 36.0. The van der Waals surface area contributed by atoms with Gasteiger partial charge in [-0.05, 0) is 89.7 Å².